The Kier molecular flexibility index (Phi) is 5.31. The van der Waals surface area contributed by atoms with Crippen LogP contribution in [0.4, 0.5) is 0 Å². The molecule has 6 heteroatoms. The number of thiophene rings is 2. The summed E-state index contributed by atoms with van der Waals surface area (Å²) in [7, 11) is 0. The first kappa shape index (κ1) is 19.5. The fourth-order valence-corrected chi connectivity index (χ4v) is 7.80. The lowest BCUT2D eigenvalue weighted by molar-refractivity contribution is 1.53. The van der Waals surface area contributed by atoms with Gasteiger partial charge in [0.1, 0.15) is 0 Å². The zero-order valence-electron chi connectivity index (χ0n) is 14.1. The highest BCUT2D eigenvalue weighted by Gasteiger charge is 2.16. The van der Waals surface area contributed by atoms with Gasteiger partial charge in [-0.05, 0) is 92.3 Å². The third-order valence-corrected chi connectivity index (χ3v) is 9.10. The van der Waals surface area contributed by atoms with Crippen LogP contribution in [0.1, 0.15) is 0 Å². The number of rotatable bonds is 2. The van der Waals surface area contributed by atoms with Gasteiger partial charge in [0.05, 0.1) is 0 Å². The van der Waals surface area contributed by atoms with Crippen LogP contribution in [0.25, 0.3) is 42.4 Å². The first-order chi connectivity index (χ1) is 13.5. The van der Waals surface area contributed by atoms with E-state index in [9.17, 15) is 0 Å². The molecule has 2 heterocycles. The fourth-order valence-electron chi connectivity index (χ4n) is 3.34. The van der Waals surface area contributed by atoms with E-state index < -0.39 is 0 Å². The summed E-state index contributed by atoms with van der Waals surface area (Å²) in [5, 5.41) is 6.80. The molecule has 0 saturated heterocycles. The number of benzene rings is 3. The molecule has 5 rings (SSSR count). The molecule has 138 valence electrons. The van der Waals surface area contributed by atoms with Crippen molar-refractivity contribution in [1.29, 1.82) is 0 Å². The molecule has 2 aromatic heterocycles. The van der Waals surface area contributed by atoms with Crippen molar-refractivity contribution in [1.82, 2.24) is 0 Å². The van der Waals surface area contributed by atoms with Gasteiger partial charge in [-0.3, -0.25) is 0 Å². The maximum Gasteiger partial charge on any atom is 0.0354 e. The molecular weight excluding hydrogens is 648 g/mol. The Morgan fingerprint density at radius 1 is 0.464 bits per heavy atom. The highest BCUT2D eigenvalue weighted by molar-refractivity contribution is 9.11. The highest BCUT2D eigenvalue weighted by Crippen LogP contribution is 2.44. The van der Waals surface area contributed by atoms with Gasteiger partial charge in [0, 0.05) is 27.3 Å². The Bertz CT molecular complexity index is 1260. The first-order valence-electron chi connectivity index (χ1n) is 8.34. The van der Waals surface area contributed by atoms with Gasteiger partial charge in [-0.15, -0.1) is 22.7 Å². The average Bonchev–Trinajstić information content (AvgIpc) is 3.29. The Morgan fingerprint density at radius 2 is 0.857 bits per heavy atom. The largest absolute Gasteiger partial charge is 0.144 e. The van der Waals surface area contributed by atoms with Crippen molar-refractivity contribution in [3.8, 4) is 22.3 Å². The monoisotopic (exact) mass is 654 g/mol. The quantitative estimate of drug-likeness (QED) is 0.177. The van der Waals surface area contributed by atoms with Crippen LogP contribution in [-0.4, -0.2) is 0 Å². The molecule has 0 fully saturated rings. The van der Waals surface area contributed by atoms with Gasteiger partial charge in [0.2, 0.25) is 0 Å². The van der Waals surface area contributed by atoms with Gasteiger partial charge >= 0.3 is 0 Å². The van der Waals surface area contributed by atoms with Gasteiger partial charge in [-0.1, -0.05) is 63.7 Å². The summed E-state index contributed by atoms with van der Waals surface area (Å²) in [4.78, 5) is 0. The molecule has 0 radical (unpaired) electrons. The molecule has 0 saturated carbocycles. The van der Waals surface area contributed by atoms with Crippen molar-refractivity contribution in [2.75, 3.05) is 0 Å². The van der Waals surface area contributed by atoms with Crippen LogP contribution in [0.15, 0.2) is 77.2 Å². The summed E-state index contributed by atoms with van der Waals surface area (Å²) in [6.07, 6.45) is 0. The van der Waals surface area contributed by atoms with Crippen LogP contribution in [0.5, 0.6) is 0 Å². The van der Waals surface area contributed by atoms with Crippen LogP contribution in [0.2, 0.25) is 0 Å². The molecule has 0 unspecified atom stereocenters. The summed E-state index contributed by atoms with van der Waals surface area (Å²) in [5.41, 5.74) is 4.68. The van der Waals surface area contributed by atoms with E-state index in [1.54, 1.807) is 22.7 Å². The highest BCUT2D eigenvalue weighted by atomic mass is 79.9. The number of fused-ring (bicyclic) bond motifs is 2. The maximum absolute atomic E-state index is 3.78. The van der Waals surface area contributed by atoms with Crippen molar-refractivity contribution < 1.29 is 0 Å². The van der Waals surface area contributed by atoms with E-state index in [-0.39, 0.29) is 0 Å². The molecule has 0 aliphatic heterocycles. The van der Waals surface area contributed by atoms with Crippen molar-refractivity contribution >= 4 is 107 Å². The summed E-state index contributed by atoms with van der Waals surface area (Å²) in [6.45, 7) is 0. The minimum Gasteiger partial charge on any atom is -0.144 e. The van der Waals surface area contributed by atoms with E-state index >= 15 is 0 Å². The Morgan fingerprint density at radius 3 is 1.32 bits per heavy atom. The molecule has 5 aromatic rings. The number of hydrogen-bond acceptors (Lipinski definition) is 2. The molecule has 0 aliphatic carbocycles. The van der Waals surface area contributed by atoms with Gasteiger partial charge in [0.25, 0.3) is 0 Å². The van der Waals surface area contributed by atoms with Crippen molar-refractivity contribution in [3.05, 3.63) is 77.2 Å². The smallest absolute Gasteiger partial charge is 0.0354 e. The van der Waals surface area contributed by atoms with Gasteiger partial charge in [-0.25, -0.2) is 0 Å². The predicted molar refractivity (Wildman–Crippen MR) is 139 cm³/mol. The standard InChI is InChI=1S/C22H10Br4S2/c23-17-8-18(24)16(14-6-12-2-4-28-22(12)10-20(14)26)7-15(17)13-5-11-1-3-27-21(11)9-19(13)25/h1-10H. The SMILES string of the molecule is Brc1cc(Br)c(-c2cc3ccsc3cc2Br)cc1-c1cc2ccsc2cc1Br. The average molecular weight is 658 g/mol. The lowest BCUT2D eigenvalue weighted by Gasteiger charge is -2.14. The van der Waals surface area contributed by atoms with E-state index in [4.69, 9.17) is 0 Å². The predicted octanol–water partition coefficient (Wildman–Crippen LogP) is 10.5. The zero-order chi connectivity index (χ0) is 19.4. The second kappa shape index (κ2) is 7.64. The van der Waals surface area contributed by atoms with Gasteiger partial charge in [-0.2, -0.15) is 0 Å². The Labute approximate surface area is 204 Å². The second-order valence-corrected chi connectivity index (χ2v) is 11.7. The topological polar surface area (TPSA) is 0 Å². The Balaban J connectivity index is 1.76. The molecule has 28 heavy (non-hydrogen) atoms. The van der Waals surface area contributed by atoms with Crippen LogP contribution < -0.4 is 0 Å². The van der Waals surface area contributed by atoms with E-state index in [2.05, 4.69) is 123 Å². The summed E-state index contributed by atoms with van der Waals surface area (Å²) >= 11 is 18.6. The molecular formula is C22H10Br4S2. The van der Waals surface area contributed by atoms with E-state index in [1.807, 2.05) is 0 Å². The minimum absolute atomic E-state index is 1.06. The molecule has 0 N–H and O–H groups in total. The van der Waals surface area contributed by atoms with Gasteiger partial charge < -0.3 is 0 Å². The van der Waals surface area contributed by atoms with Crippen molar-refractivity contribution in [2.45, 2.75) is 0 Å². The van der Waals surface area contributed by atoms with Crippen molar-refractivity contribution in [3.63, 3.8) is 0 Å². The molecule has 0 atom stereocenters. The lowest BCUT2D eigenvalue weighted by atomic mass is 9.98. The normalized spacial score (nSPS) is 11.6. The number of halogens is 4. The Hall–Kier alpha value is -0.500. The molecule has 0 spiro atoms. The van der Waals surface area contributed by atoms with Crippen LogP contribution in [0, 0.1) is 0 Å². The van der Waals surface area contributed by atoms with Crippen LogP contribution in [-0.2, 0) is 0 Å². The second-order valence-electron chi connectivity index (χ2n) is 6.39. The van der Waals surface area contributed by atoms with Gasteiger partial charge in [0.15, 0.2) is 0 Å². The first-order valence-corrected chi connectivity index (χ1v) is 13.3. The van der Waals surface area contributed by atoms with Crippen molar-refractivity contribution in [2.24, 2.45) is 0 Å². The van der Waals surface area contributed by atoms with E-state index in [1.165, 1.54) is 31.3 Å². The summed E-state index contributed by atoms with van der Waals surface area (Å²) in [6, 6.07) is 17.7. The van der Waals surface area contributed by atoms with Crippen LogP contribution >= 0.6 is 86.4 Å². The maximum atomic E-state index is 3.78. The third kappa shape index (κ3) is 3.36. The molecule has 0 nitrogen and oxygen atoms in total. The molecule has 0 aliphatic rings. The minimum atomic E-state index is 1.06. The van der Waals surface area contributed by atoms with E-state index in [0.29, 0.717) is 0 Å². The number of hydrogen-bond donors (Lipinski definition) is 0. The lowest BCUT2D eigenvalue weighted by Crippen LogP contribution is -1.88. The fraction of sp³-hybridized carbons (Fsp3) is 0. The third-order valence-electron chi connectivity index (χ3n) is 4.72. The molecule has 3 aromatic carbocycles. The summed E-state index contributed by atoms with van der Waals surface area (Å²) in [5.74, 6) is 0. The summed E-state index contributed by atoms with van der Waals surface area (Å²) < 4.78 is 6.90. The zero-order valence-corrected chi connectivity index (χ0v) is 22.1. The molecule has 0 bridgehead atoms. The van der Waals surface area contributed by atoms with Crippen LogP contribution in [0.3, 0.4) is 0 Å². The molecule has 0 amide bonds. The van der Waals surface area contributed by atoms with E-state index in [0.717, 1.165) is 29.0 Å².